The molecule has 11 heteroatoms. The quantitative estimate of drug-likeness (QED) is 0.658. The van der Waals surface area contributed by atoms with Crippen molar-refractivity contribution in [3.05, 3.63) is 45.7 Å². The average Bonchev–Trinajstić information content (AvgIpc) is 3.08. The second kappa shape index (κ2) is 8.21. The van der Waals surface area contributed by atoms with Crippen molar-refractivity contribution in [1.82, 2.24) is 9.21 Å². The van der Waals surface area contributed by atoms with Gasteiger partial charge in [0.25, 0.3) is 15.9 Å². The van der Waals surface area contributed by atoms with Crippen molar-refractivity contribution >= 4 is 43.2 Å². The summed E-state index contributed by atoms with van der Waals surface area (Å²) in [4.78, 5) is 14.1. The minimum absolute atomic E-state index is 0.0969. The van der Waals surface area contributed by atoms with Gasteiger partial charge in [0, 0.05) is 31.7 Å². The Labute approximate surface area is 167 Å². The van der Waals surface area contributed by atoms with E-state index in [1.807, 2.05) is 0 Å². The molecule has 1 aromatic heterocycles. The molecule has 0 spiro atoms. The molecule has 1 aliphatic rings. The summed E-state index contributed by atoms with van der Waals surface area (Å²) < 4.78 is 56.5. The number of hydrogen-bond acceptors (Lipinski definition) is 5. The van der Waals surface area contributed by atoms with Gasteiger partial charge in [0.1, 0.15) is 9.96 Å². The van der Waals surface area contributed by atoms with Gasteiger partial charge in [-0.15, -0.1) is 11.3 Å². The molecule has 1 amide bonds. The van der Waals surface area contributed by atoms with Crippen molar-refractivity contribution in [2.24, 2.45) is 0 Å². The van der Waals surface area contributed by atoms with Crippen LogP contribution in [0.2, 0.25) is 0 Å². The molecule has 2 aromatic rings. The highest BCUT2D eigenvalue weighted by Crippen LogP contribution is 2.29. The number of ether oxygens (including phenoxy) is 1. The summed E-state index contributed by atoms with van der Waals surface area (Å²) in [6, 6.07) is 8.77. The molecule has 2 heterocycles. The number of carbonyl (C=O) groups is 1. The van der Waals surface area contributed by atoms with E-state index in [9.17, 15) is 22.0 Å². The maximum atomic E-state index is 12.6. The SMILES string of the molecule is O=C(c1cccc(OC(F)F)c1)N1CCN(S(=O)(=O)c2ccc(Br)s2)CC1. The van der Waals surface area contributed by atoms with Crippen molar-refractivity contribution in [1.29, 1.82) is 0 Å². The van der Waals surface area contributed by atoms with Gasteiger partial charge in [-0.25, -0.2) is 8.42 Å². The highest BCUT2D eigenvalue weighted by Gasteiger charge is 2.31. The van der Waals surface area contributed by atoms with Crippen LogP contribution in [0.15, 0.2) is 44.4 Å². The van der Waals surface area contributed by atoms with Crippen molar-refractivity contribution in [3.8, 4) is 5.75 Å². The number of carbonyl (C=O) groups excluding carboxylic acids is 1. The molecule has 0 aliphatic carbocycles. The maximum Gasteiger partial charge on any atom is 0.387 e. The van der Waals surface area contributed by atoms with Crippen molar-refractivity contribution < 1.29 is 26.7 Å². The van der Waals surface area contributed by atoms with Crippen LogP contribution in [0.3, 0.4) is 0 Å². The van der Waals surface area contributed by atoms with E-state index in [1.165, 1.54) is 39.5 Å². The molecule has 3 rings (SSSR count). The van der Waals surface area contributed by atoms with Crippen LogP contribution < -0.4 is 4.74 Å². The Kier molecular flexibility index (Phi) is 6.14. The maximum absolute atomic E-state index is 12.6. The summed E-state index contributed by atoms with van der Waals surface area (Å²) in [5.74, 6) is -0.453. The van der Waals surface area contributed by atoms with Gasteiger partial charge in [-0.1, -0.05) is 6.07 Å². The lowest BCUT2D eigenvalue weighted by molar-refractivity contribution is -0.0499. The lowest BCUT2D eigenvalue weighted by atomic mass is 10.1. The lowest BCUT2D eigenvalue weighted by Gasteiger charge is -2.33. The minimum Gasteiger partial charge on any atom is -0.435 e. The Morgan fingerprint density at radius 3 is 2.44 bits per heavy atom. The average molecular weight is 481 g/mol. The smallest absolute Gasteiger partial charge is 0.387 e. The zero-order valence-corrected chi connectivity index (χ0v) is 17.1. The zero-order valence-electron chi connectivity index (χ0n) is 13.8. The van der Waals surface area contributed by atoms with Gasteiger partial charge in [-0.05, 0) is 46.3 Å². The van der Waals surface area contributed by atoms with Gasteiger partial charge in [-0.3, -0.25) is 4.79 Å². The van der Waals surface area contributed by atoms with Crippen LogP contribution >= 0.6 is 27.3 Å². The lowest BCUT2D eigenvalue weighted by Crippen LogP contribution is -2.50. The first-order valence-electron chi connectivity index (χ1n) is 7.87. The van der Waals surface area contributed by atoms with E-state index in [0.717, 1.165) is 15.1 Å². The number of thiophene rings is 1. The minimum atomic E-state index is -3.59. The van der Waals surface area contributed by atoms with Crippen molar-refractivity contribution in [3.63, 3.8) is 0 Å². The van der Waals surface area contributed by atoms with Crippen LogP contribution in [0.5, 0.6) is 5.75 Å². The fourth-order valence-corrected chi connectivity index (χ4v) is 6.27. The largest absolute Gasteiger partial charge is 0.435 e. The van der Waals surface area contributed by atoms with E-state index in [1.54, 1.807) is 6.07 Å². The number of benzene rings is 1. The second-order valence-corrected chi connectivity index (χ2v) is 10.3. The number of hydrogen-bond donors (Lipinski definition) is 0. The van der Waals surface area contributed by atoms with Crippen LogP contribution in [-0.4, -0.2) is 56.3 Å². The molecule has 1 aliphatic heterocycles. The first kappa shape index (κ1) is 20.2. The second-order valence-electron chi connectivity index (χ2n) is 5.66. The van der Waals surface area contributed by atoms with Crippen LogP contribution in [-0.2, 0) is 10.0 Å². The van der Waals surface area contributed by atoms with Crippen LogP contribution in [0.4, 0.5) is 8.78 Å². The Bertz CT molecular complexity index is 928. The van der Waals surface area contributed by atoms with Gasteiger partial charge < -0.3 is 9.64 Å². The molecule has 0 N–H and O–H groups in total. The number of halogens is 3. The molecule has 146 valence electrons. The van der Waals surface area contributed by atoms with Crippen LogP contribution in [0, 0.1) is 0 Å². The molecule has 0 radical (unpaired) electrons. The first-order valence-corrected chi connectivity index (χ1v) is 10.9. The Hall–Kier alpha value is -1.56. The van der Waals surface area contributed by atoms with E-state index >= 15 is 0 Å². The molecule has 0 saturated carbocycles. The number of amides is 1. The van der Waals surface area contributed by atoms with Crippen LogP contribution in [0.1, 0.15) is 10.4 Å². The number of alkyl halides is 2. The highest BCUT2D eigenvalue weighted by atomic mass is 79.9. The third-order valence-corrected chi connectivity index (χ3v) is 7.96. The van der Waals surface area contributed by atoms with Crippen molar-refractivity contribution in [2.45, 2.75) is 10.8 Å². The number of nitrogens with zero attached hydrogens (tertiary/aromatic N) is 2. The van der Waals surface area contributed by atoms with Crippen LogP contribution in [0.25, 0.3) is 0 Å². The first-order chi connectivity index (χ1) is 12.8. The Morgan fingerprint density at radius 2 is 1.85 bits per heavy atom. The van der Waals surface area contributed by atoms with Gasteiger partial charge in [-0.2, -0.15) is 13.1 Å². The molecule has 0 unspecified atom stereocenters. The molecule has 0 bridgehead atoms. The van der Waals surface area contributed by atoms with Gasteiger partial charge in [0.2, 0.25) is 0 Å². The summed E-state index contributed by atoms with van der Waals surface area (Å²) in [5, 5.41) is 0. The number of rotatable bonds is 5. The molecule has 27 heavy (non-hydrogen) atoms. The van der Waals surface area contributed by atoms with Gasteiger partial charge in [0.05, 0.1) is 3.79 Å². The fraction of sp³-hybridized carbons (Fsp3) is 0.312. The van der Waals surface area contributed by atoms with E-state index < -0.39 is 16.6 Å². The van der Waals surface area contributed by atoms with Gasteiger partial charge >= 0.3 is 6.61 Å². The Balaban J connectivity index is 1.66. The molecule has 1 aromatic carbocycles. The Morgan fingerprint density at radius 1 is 1.15 bits per heavy atom. The number of piperazine rings is 1. The standard InChI is InChI=1S/C16H15BrF2N2O4S2/c17-13-4-5-14(26-13)27(23,24)21-8-6-20(7-9-21)15(22)11-2-1-3-12(10-11)25-16(18)19/h1-5,10,16H,6-9H2. The molecule has 6 nitrogen and oxygen atoms in total. The molecule has 0 atom stereocenters. The molecular formula is C16H15BrF2N2O4S2. The van der Waals surface area contributed by atoms with E-state index in [0.29, 0.717) is 0 Å². The van der Waals surface area contributed by atoms with E-state index in [-0.39, 0.29) is 47.6 Å². The summed E-state index contributed by atoms with van der Waals surface area (Å²) in [5.41, 5.74) is 0.214. The molecule has 1 saturated heterocycles. The predicted molar refractivity (Wildman–Crippen MR) is 99.8 cm³/mol. The topological polar surface area (TPSA) is 66.9 Å². The fourth-order valence-electron chi connectivity index (χ4n) is 2.68. The zero-order chi connectivity index (χ0) is 19.6. The summed E-state index contributed by atoms with van der Waals surface area (Å²) in [6.45, 7) is -2.22. The summed E-state index contributed by atoms with van der Waals surface area (Å²) in [6.07, 6.45) is 0. The third-order valence-electron chi connectivity index (χ3n) is 3.97. The molecule has 1 fully saturated rings. The predicted octanol–water partition coefficient (Wildman–Crippen LogP) is 3.26. The van der Waals surface area contributed by atoms with Gasteiger partial charge in [0.15, 0.2) is 0 Å². The third kappa shape index (κ3) is 4.65. The molecular weight excluding hydrogens is 466 g/mol. The normalized spacial score (nSPS) is 15.9. The summed E-state index contributed by atoms with van der Waals surface area (Å²) in [7, 11) is -3.59. The monoisotopic (exact) mass is 480 g/mol. The van der Waals surface area contributed by atoms with E-state index in [4.69, 9.17) is 0 Å². The number of sulfonamides is 1. The highest BCUT2D eigenvalue weighted by molar-refractivity contribution is 9.11. The van der Waals surface area contributed by atoms with Crippen molar-refractivity contribution in [2.75, 3.05) is 26.2 Å². The van der Waals surface area contributed by atoms with E-state index in [2.05, 4.69) is 20.7 Å². The summed E-state index contributed by atoms with van der Waals surface area (Å²) >= 11 is 4.38.